The predicted octanol–water partition coefficient (Wildman–Crippen LogP) is 5.71. The number of esters is 1. The molecule has 0 saturated carbocycles. The highest BCUT2D eigenvalue weighted by atomic mass is 16.5. The van der Waals surface area contributed by atoms with E-state index in [0.29, 0.717) is 17.0 Å². The summed E-state index contributed by atoms with van der Waals surface area (Å²) < 4.78 is 12.7. The van der Waals surface area contributed by atoms with E-state index >= 15 is 0 Å². The van der Waals surface area contributed by atoms with Gasteiger partial charge in [-0.1, -0.05) is 41.6 Å². The van der Waals surface area contributed by atoms with Gasteiger partial charge in [0.1, 0.15) is 17.0 Å². The molecule has 2 aromatic heterocycles. The highest BCUT2D eigenvalue weighted by molar-refractivity contribution is 6.02. The van der Waals surface area contributed by atoms with Crippen LogP contribution in [0.4, 0.5) is 0 Å². The molecule has 0 unspecified atom stereocenters. The topological polar surface area (TPSA) is 74.3 Å². The Morgan fingerprint density at radius 2 is 1.67 bits per heavy atom. The Balaban J connectivity index is 1.54. The number of carbonyl (C=O) groups is 2. The average molecular weight is 443 g/mol. The molecule has 0 aliphatic heterocycles. The first-order chi connectivity index (χ1) is 15.8. The Morgan fingerprint density at radius 1 is 0.939 bits per heavy atom. The number of nitrogens with zero attached hydrogens (tertiary/aromatic N) is 2. The number of benzene rings is 2. The van der Waals surface area contributed by atoms with Crippen LogP contribution in [0.2, 0.25) is 0 Å². The van der Waals surface area contributed by atoms with Gasteiger partial charge < -0.3 is 13.8 Å². The summed E-state index contributed by atoms with van der Waals surface area (Å²) in [7, 11) is 0. The summed E-state index contributed by atoms with van der Waals surface area (Å²) in [5.41, 5.74) is 7.04. The summed E-state index contributed by atoms with van der Waals surface area (Å²) >= 11 is 0. The van der Waals surface area contributed by atoms with Crippen LogP contribution in [-0.4, -0.2) is 28.1 Å². The molecule has 33 heavy (non-hydrogen) atoms. The van der Waals surface area contributed by atoms with Gasteiger partial charge in [0.2, 0.25) is 5.78 Å². The number of aryl methyl sites for hydroxylation is 4. The Hall–Kier alpha value is -3.93. The van der Waals surface area contributed by atoms with Gasteiger partial charge in [-0.3, -0.25) is 4.79 Å². The summed E-state index contributed by atoms with van der Waals surface area (Å²) in [5, 5.41) is 4.00. The van der Waals surface area contributed by atoms with Crippen molar-refractivity contribution in [1.29, 1.82) is 0 Å². The fourth-order valence-corrected chi connectivity index (χ4v) is 3.99. The minimum Gasteiger partial charge on any atom is -0.454 e. The molecule has 168 valence electrons. The summed E-state index contributed by atoms with van der Waals surface area (Å²) in [6, 6.07) is 17.3. The maximum Gasteiger partial charge on any atom is 0.344 e. The third-order valence-corrected chi connectivity index (χ3v) is 5.93. The number of ketones is 1. The normalized spacial score (nSPS) is 10.9. The second-order valence-corrected chi connectivity index (χ2v) is 8.22. The molecule has 4 aromatic rings. The quantitative estimate of drug-likeness (QED) is 0.282. The van der Waals surface area contributed by atoms with Crippen LogP contribution in [-0.2, 0) is 4.74 Å². The van der Waals surface area contributed by atoms with E-state index in [2.05, 4.69) is 31.1 Å². The monoisotopic (exact) mass is 442 g/mol. The molecule has 2 heterocycles. The zero-order valence-corrected chi connectivity index (χ0v) is 19.4. The Labute approximate surface area is 192 Å². The molecule has 0 fully saturated rings. The molecule has 0 N–H and O–H groups in total. The second-order valence-electron chi connectivity index (χ2n) is 8.22. The number of Topliss-reactive ketones (excluding diaryl/α,β-unsaturated/α-hetero) is 1. The number of rotatable bonds is 6. The van der Waals surface area contributed by atoms with Gasteiger partial charge in [-0.15, -0.1) is 0 Å². The van der Waals surface area contributed by atoms with Gasteiger partial charge >= 0.3 is 5.97 Å². The lowest BCUT2D eigenvalue weighted by Gasteiger charge is -2.12. The Bertz CT molecular complexity index is 1350. The van der Waals surface area contributed by atoms with E-state index in [1.807, 2.05) is 60.9 Å². The van der Waals surface area contributed by atoms with Gasteiger partial charge in [0.25, 0.3) is 0 Å². The number of aromatic nitrogens is 2. The molecule has 0 amide bonds. The standard InChI is InChI=1S/C27H26N2O4/c1-16-11-12-22(13-17(16)2)29-18(3)14-23(19(29)4)24(30)15-32-27(31)25-20(5)33-28-26(25)21-9-7-6-8-10-21/h6-14H,15H2,1-5H3. The minimum absolute atomic E-state index is 0.231. The van der Waals surface area contributed by atoms with Crippen molar-refractivity contribution in [2.75, 3.05) is 6.61 Å². The van der Waals surface area contributed by atoms with Crippen LogP contribution >= 0.6 is 0 Å². The van der Waals surface area contributed by atoms with E-state index < -0.39 is 5.97 Å². The third-order valence-electron chi connectivity index (χ3n) is 5.93. The summed E-state index contributed by atoms with van der Waals surface area (Å²) in [4.78, 5) is 25.8. The first kappa shape index (κ1) is 22.3. The van der Waals surface area contributed by atoms with Gasteiger partial charge in [-0.05, 0) is 63.9 Å². The zero-order valence-electron chi connectivity index (χ0n) is 19.4. The average Bonchev–Trinajstić information content (AvgIpc) is 3.33. The van der Waals surface area contributed by atoms with Crippen molar-refractivity contribution in [2.45, 2.75) is 34.6 Å². The molecule has 0 saturated heterocycles. The van der Waals surface area contributed by atoms with Crippen molar-refractivity contribution in [3.05, 3.63) is 94.0 Å². The van der Waals surface area contributed by atoms with Crippen LogP contribution in [0.1, 0.15) is 49.0 Å². The summed E-state index contributed by atoms with van der Waals surface area (Å²) in [6.07, 6.45) is 0. The number of hydrogen-bond acceptors (Lipinski definition) is 5. The fourth-order valence-electron chi connectivity index (χ4n) is 3.99. The highest BCUT2D eigenvalue weighted by Gasteiger charge is 2.25. The summed E-state index contributed by atoms with van der Waals surface area (Å²) in [5.74, 6) is -0.551. The van der Waals surface area contributed by atoms with E-state index in [1.165, 1.54) is 11.1 Å². The molecule has 2 aromatic carbocycles. The van der Waals surface area contributed by atoms with Crippen molar-refractivity contribution in [2.24, 2.45) is 0 Å². The minimum atomic E-state index is -0.635. The molecule has 0 bridgehead atoms. The highest BCUT2D eigenvalue weighted by Crippen LogP contribution is 2.26. The maximum absolute atomic E-state index is 13.0. The van der Waals surface area contributed by atoms with Gasteiger partial charge in [0.15, 0.2) is 6.61 Å². The van der Waals surface area contributed by atoms with Gasteiger partial charge in [0, 0.05) is 28.2 Å². The van der Waals surface area contributed by atoms with Crippen LogP contribution in [0.15, 0.2) is 59.1 Å². The SMILES string of the molecule is Cc1ccc(-n2c(C)cc(C(=O)COC(=O)c3c(-c4ccccc4)noc3C)c2C)cc1C. The molecular formula is C27H26N2O4. The molecule has 0 atom stereocenters. The van der Waals surface area contributed by atoms with Gasteiger partial charge in [-0.25, -0.2) is 4.79 Å². The molecule has 4 rings (SSSR count). The van der Waals surface area contributed by atoms with E-state index in [9.17, 15) is 9.59 Å². The fraction of sp³-hybridized carbons (Fsp3) is 0.222. The van der Waals surface area contributed by atoms with Crippen LogP contribution in [0, 0.1) is 34.6 Å². The smallest absolute Gasteiger partial charge is 0.344 e. The van der Waals surface area contributed by atoms with Crippen LogP contribution in [0.5, 0.6) is 0 Å². The molecule has 0 spiro atoms. The van der Waals surface area contributed by atoms with E-state index in [0.717, 1.165) is 22.6 Å². The zero-order chi connectivity index (χ0) is 23.7. The third kappa shape index (κ3) is 4.24. The van der Waals surface area contributed by atoms with Crippen molar-refractivity contribution in [1.82, 2.24) is 9.72 Å². The molecule has 0 aliphatic carbocycles. The summed E-state index contributed by atoms with van der Waals surface area (Å²) in [6.45, 7) is 9.27. The van der Waals surface area contributed by atoms with Gasteiger partial charge in [0.05, 0.1) is 0 Å². The molecule has 6 nitrogen and oxygen atoms in total. The van der Waals surface area contributed by atoms with Gasteiger partial charge in [-0.2, -0.15) is 0 Å². The lowest BCUT2D eigenvalue weighted by molar-refractivity contribution is 0.0473. The second kappa shape index (κ2) is 8.90. The number of carbonyl (C=O) groups excluding carboxylic acids is 2. The van der Waals surface area contributed by atoms with Crippen molar-refractivity contribution in [3.63, 3.8) is 0 Å². The van der Waals surface area contributed by atoms with E-state index in [4.69, 9.17) is 9.26 Å². The number of ether oxygens (including phenoxy) is 1. The van der Waals surface area contributed by atoms with Crippen molar-refractivity contribution < 1.29 is 18.8 Å². The van der Waals surface area contributed by atoms with E-state index in [1.54, 1.807) is 6.92 Å². The Morgan fingerprint density at radius 3 is 2.36 bits per heavy atom. The van der Waals surface area contributed by atoms with Crippen LogP contribution < -0.4 is 0 Å². The van der Waals surface area contributed by atoms with Crippen LogP contribution in [0.3, 0.4) is 0 Å². The predicted molar refractivity (Wildman–Crippen MR) is 126 cm³/mol. The molecule has 6 heteroatoms. The van der Waals surface area contributed by atoms with Crippen LogP contribution in [0.25, 0.3) is 16.9 Å². The Kier molecular flexibility index (Phi) is 6.01. The lowest BCUT2D eigenvalue weighted by atomic mass is 10.1. The molecule has 0 radical (unpaired) electrons. The number of hydrogen-bond donors (Lipinski definition) is 0. The molecular weight excluding hydrogens is 416 g/mol. The van der Waals surface area contributed by atoms with Crippen molar-refractivity contribution in [3.8, 4) is 16.9 Å². The molecule has 0 aliphatic rings. The van der Waals surface area contributed by atoms with E-state index in [-0.39, 0.29) is 18.0 Å². The van der Waals surface area contributed by atoms with Crippen molar-refractivity contribution >= 4 is 11.8 Å². The lowest BCUT2D eigenvalue weighted by Crippen LogP contribution is -2.16. The first-order valence-electron chi connectivity index (χ1n) is 10.8. The largest absolute Gasteiger partial charge is 0.454 e. The first-order valence-corrected chi connectivity index (χ1v) is 10.8. The maximum atomic E-state index is 13.0.